The van der Waals surface area contributed by atoms with E-state index in [0.717, 1.165) is 5.92 Å². The van der Waals surface area contributed by atoms with Crippen LogP contribution in [0.2, 0.25) is 0 Å². The van der Waals surface area contributed by atoms with E-state index >= 15 is 0 Å². The minimum absolute atomic E-state index is 0.00166. The minimum atomic E-state index is -0.00166. The largest absolute Gasteiger partial charge is 0.395 e. The van der Waals surface area contributed by atoms with Gasteiger partial charge in [-0.2, -0.15) is 0 Å². The normalized spacial score (nSPS) is 19.4. The van der Waals surface area contributed by atoms with Gasteiger partial charge in [0, 0.05) is 18.7 Å². The summed E-state index contributed by atoms with van der Waals surface area (Å²) < 4.78 is 0. The summed E-state index contributed by atoms with van der Waals surface area (Å²) in [6, 6.07) is 23.7. The standard InChI is InChI=1S/C30H37NO2/c1-3-31(18-19-32)30(33)26-16-14-24(15-17-26)27-11-6-8-23(21-27)20-22(2)28-13-7-10-25-9-4-5-12-29(25)28/h4-5,7,9-10,12-17,22-23,27,32H,3,6,8,11,18-21H2,1-2H3/t22-,23?,27?/m0/s1. The first-order valence-electron chi connectivity index (χ1n) is 12.6. The molecule has 174 valence electrons. The number of benzene rings is 3. The van der Waals surface area contributed by atoms with E-state index in [1.807, 2.05) is 19.1 Å². The van der Waals surface area contributed by atoms with Gasteiger partial charge in [0.05, 0.1) is 6.61 Å². The number of amides is 1. The highest BCUT2D eigenvalue weighted by molar-refractivity contribution is 5.94. The Bertz CT molecular complexity index is 1050. The number of hydrogen-bond acceptors (Lipinski definition) is 2. The number of carbonyl (C=O) groups excluding carboxylic acids is 1. The number of nitrogens with zero attached hydrogens (tertiary/aromatic N) is 1. The molecule has 0 aliphatic heterocycles. The number of hydrogen-bond donors (Lipinski definition) is 1. The molecule has 0 heterocycles. The Morgan fingerprint density at radius 2 is 1.79 bits per heavy atom. The van der Waals surface area contributed by atoms with Crippen molar-refractivity contribution in [1.29, 1.82) is 0 Å². The van der Waals surface area contributed by atoms with Crippen LogP contribution in [0.5, 0.6) is 0 Å². The van der Waals surface area contributed by atoms with E-state index in [4.69, 9.17) is 0 Å². The van der Waals surface area contributed by atoms with Gasteiger partial charge in [0.25, 0.3) is 5.91 Å². The summed E-state index contributed by atoms with van der Waals surface area (Å²) in [4.78, 5) is 14.4. The number of likely N-dealkylation sites (N-methyl/N-ethyl adjacent to an activating group) is 1. The average Bonchev–Trinajstić information content (AvgIpc) is 2.86. The molecule has 1 N–H and O–H groups in total. The van der Waals surface area contributed by atoms with Crippen LogP contribution in [0.4, 0.5) is 0 Å². The summed E-state index contributed by atoms with van der Waals surface area (Å²) in [5, 5.41) is 11.9. The quantitative estimate of drug-likeness (QED) is 0.418. The summed E-state index contributed by atoms with van der Waals surface area (Å²) in [5.41, 5.74) is 3.55. The molecule has 0 saturated heterocycles. The summed E-state index contributed by atoms with van der Waals surface area (Å²) in [6.45, 7) is 5.33. The van der Waals surface area contributed by atoms with Gasteiger partial charge in [-0.3, -0.25) is 4.79 Å². The molecule has 33 heavy (non-hydrogen) atoms. The van der Waals surface area contributed by atoms with Gasteiger partial charge in [-0.1, -0.05) is 74.4 Å². The molecule has 1 amide bonds. The van der Waals surface area contributed by atoms with Gasteiger partial charge in [-0.05, 0) is 78.0 Å². The Labute approximate surface area is 198 Å². The number of fused-ring (bicyclic) bond motifs is 1. The first-order chi connectivity index (χ1) is 16.1. The van der Waals surface area contributed by atoms with Gasteiger partial charge in [-0.15, -0.1) is 0 Å². The Balaban J connectivity index is 1.41. The van der Waals surface area contributed by atoms with Crippen LogP contribution in [0, 0.1) is 5.92 Å². The van der Waals surface area contributed by atoms with Gasteiger partial charge in [0.1, 0.15) is 0 Å². The van der Waals surface area contributed by atoms with Crippen LogP contribution >= 0.6 is 0 Å². The number of aliphatic hydroxyl groups excluding tert-OH is 1. The third-order valence-electron chi connectivity index (χ3n) is 7.49. The highest BCUT2D eigenvalue weighted by Crippen LogP contribution is 2.41. The maximum absolute atomic E-state index is 12.7. The van der Waals surface area contributed by atoms with E-state index < -0.39 is 0 Å². The van der Waals surface area contributed by atoms with Crippen molar-refractivity contribution in [3.8, 4) is 0 Å². The SMILES string of the molecule is CCN(CCO)C(=O)c1ccc(C2CCCC(C[C@H](C)c3cccc4ccccc34)C2)cc1. The molecular formula is C30H37NO2. The maximum Gasteiger partial charge on any atom is 0.253 e. The molecule has 0 bridgehead atoms. The second kappa shape index (κ2) is 11.0. The summed E-state index contributed by atoms with van der Waals surface area (Å²) in [6.07, 6.45) is 6.28. The van der Waals surface area contributed by atoms with Crippen molar-refractivity contribution >= 4 is 16.7 Å². The first kappa shape index (κ1) is 23.5. The molecule has 3 atom stereocenters. The summed E-state index contributed by atoms with van der Waals surface area (Å²) in [7, 11) is 0. The Hall–Kier alpha value is -2.65. The van der Waals surface area contributed by atoms with Crippen LogP contribution in [-0.2, 0) is 0 Å². The van der Waals surface area contributed by atoms with Crippen LogP contribution in [0.25, 0.3) is 10.8 Å². The van der Waals surface area contributed by atoms with Crippen molar-refractivity contribution in [2.45, 2.75) is 57.8 Å². The maximum atomic E-state index is 12.7. The molecule has 3 nitrogen and oxygen atoms in total. The lowest BCUT2D eigenvalue weighted by Crippen LogP contribution is -2.33. The predicted octanol–water partition coefficient (Wildman–Crippen LogP) is 6.76. The number of aliphatic hydroxyl groups is 1. The Morgan fingerprint density at radius 3 is 2.55 bits per heavy atom. The molecular weight excluding hydrogens is 406 g/mol. The minimum Gasteiger partial charge on any atom is -0.395 e. The zero-order valence-electron chi connectivity index (χ0n) is 20.0. The van der Waals surface area contributed by atoms with Crippen molar-refractivity contribution in [1.82, 2.24) is 4.90 Å². The second-order valence-electron chi connectivity index (χ2n) is 9.67. The van der Waals surface area contributed by atoms with Crippen molar-refractivity contribution in [3.05, 3.63) is 83.4 Å². The lowest BCUT2D eigenvalue weighted by Gasteiger charge is -2.31. The Morgan fingerprint density at radius 1 is 1.03 bits per heavy atom. The van der Waals surface area contributed by atoms with Crippen molar-refractivity contribution in [2.75, 3.05) is 19.7 Å². The molecule has 0 radical (unpaired) electrons. The molecule has 0 spiro atoms. The fraction of sp³-hybridized carbons (Fsp3) is 0.433. The monoisotopic (exact) mass is 443 g/mol. The lowest BCUT2D eigenvalue weighted by atomic mass is 9.74. The topological polar surface area (TPSA) is 40.5 Å². The number of carbonyl (C=O) groups is 1. The van der Waals surface area contributed by atoms with Crippen molar-refractivity contribution in [3.63, 3.8) is 0 Å². The predicted molar refractivity (Wildman–Crippen MR) is 137 cm³/mol. The van der Waals surface area contributed by atoms with Gasteiger partial charge < -0.3 is 10.0 Å². The first-order valence-corrected chi connectivity index (χ1v) is 12.6. The second-order valence-corrected chi connectivity index (χ2v) is 9.67. The van der Waals surface area contributed by atoms with Gasteiger partial charge >= 0.3 is 0 Å². The smallest absolute Gasteiger partial charge is 0.253 e. The highest BCUT2D eigenvalue weighted by Gasteiger charge is 2.26. The molecule has 2 unspecified atom stereocenters. The van der Waals surface area contributed by atoms with Crippen molar-refractivity contribution < 1.29 is 9.90 Å². The molecule has 3 aromatic rings. The fourth-order valence-electron chi connectivity index (χ4n) is 5.72. The molecule has 3 heteroatoms. The van der Waals surface area contributed by atoms with E-state index in [2.05, 4.69) is 61.5 Å². The van der Waals surface area contributed by atoms with E-state index in [1.165, 1.54) is 54.0 Å². The number of rotatable bonds is 8. The van der Waals surface area contributed by atoms with Crippen LogP contribution in [0.1, 0.15) is 79.3 Å². The van der Waals surface area contributed by atoms with E-state index in [1.54, 1.807) is 4.90 Å². The molecule has 1 saturated carbocycles. The average molecular weight is 444 g/mol. The van der Waals surface area contributed by atoms with Crippen molar-refractivity contribution in [2.24, 2.45) is 5.92 Å². The van der Waals surface area contributed by atoms with E-state index in [-0.39, 0.29) is 12.5 Å². The summed E-state index contributed by atoms with van der Waals surface area (Å²) in [5.74, 6) is 1.86. The molecule has 0 aromatic heterocycles. The third-order valence-corrected chi connectivity index (χ3v) is 7.49. The van der Waals surface area contributed by atoms with Crippen LogP contribution < -0.4 is 0 Å². The zero-order valence-corrected chi connectivity index (χ0v) is 20.0. The fourth-order valence-corrected chi connectivity index (χ4v) is 5.72. The zero-order chi connectivity index (χ0) is 23.2. The van der Waals surface area contributed by atoms with Gasteiger partial charge in [-0.25, -0.2) is 0 Å². The molecule has 1 aliphatic rings. The van der Waals surface area contributed by atoms with E-state index in [9.17, 15) is 9.90 Å². The molecule has 4 rings (SSSR count). The van der Waals surface area contributed by atoms with E-state index in [0.29, 0.717) is 30.5 Å². The van der Waals surface area contributed by atoms with Gasteiger partial charge in [0.2, 0.25) is 0 Å². The lowest BCUT2D eigenvalue weighted by molar-refractivity contribution is 0.0732. The van der Waals surface area contributed by atoms with Crippen LogP contribution in [-0.4, -0.2) is 35.6 Å². The van der Waals surface area contributed by atoms with Crippen LogP contribution in [0.3, 0.4) is 0 Å². The summed E-state index contributed by atoms with van der Waals surface area (Å²) >= 11 is 0. The molecule has 1 aliphatic carbocycles. The van der Waals surface area contributed by atoms with Crippen LogP contribution in [0.15, 0.2) is 66.7 Å². The Kier molecular flexibility index (Phi) is 7.82. The third kappa shape index (κ3) is 5.47. The molecule has 3 aromatic carbocycles. The highest BCUT2D eigenvalue weighted by atomic mass is 16.3. The van der Waals surface area contributed by atoms with Gasteiger partial charge in [0.15, 0.2) is 0 Å². The molecule has 1 fully saturated rings.